The summed E-state index contributed by atoms with van der Waals surface area (Å²) in [5, 5.41) is 6.85. The van der Waals surface area contributed by atoms with E-state index in [1.807, 2.05) is 24.3 Å². The molecule has 0 aliphatic heterocycles. The molecule has 0 aliphatic carbocycles. The van der Waals surface area contributed by atoms with Crippen molar-refractivity contribution in [2.24, 2.45) is 0 Å². The highest BCUT2D eigenvalue weighted by atomic mass is 16.5. The van der Waals surface area contributed by atoms with E-state index < -0.39 is 6.04 Å². The SMILES string of the molecule is CCOC(=O)C(C)Nc1nc(NC)nc2ccccc12. The molecule has 0 saturated carbocycles. The fourth-order valence-corrected chi connectivity index (χ4v) is 1.83. The normalized spacial score (nSPS) is 11.9. The Labute approximate surface area is 117 Å². The van der Waals surface area contributed by atoms with Crippen molar-refractivity contribution in [1.29, 1.82) is 0 Å². The zero-order valence-corrected chi connectivity index (χ0v) is 11.8. The Balaban J connectivity index is 2.35. The fourth-order valence-electron chi connectivity index (χ4n) is 1.83. The summed E-state index contributed by atoms with van der Waals surface area (Å²) >= 11 is 0. The maximum Gasteiger partial charge on any atom is 0.328 e. The standard InChI is InChI=1S/C14H18N4O2/c1-4-20-13(19)9(2)16-12-10-7-5-6-8-11(10)17-14(15-3)18-12/h5-9H,4H2,1-3H3,(H2,15,16,17,18). The van der Waals surface area contributed by atoms with Gasteiger partial charge in [-0.05, 0) is 26.0 Å². The first-order valence-corrected chi connectivity index (χ1v) is 6.53. The van der Waals surface area contributed by atoms with Gasteiger partial charge in [0.05, 0.1) is 12.1 Å². The van der Waals surface area contributed by atoms with Crippen molar-refractivity contribution in [3.63, 3.8) is 0 Å². The second-order valence-electron chi connectivity index (χ2n) is 4.28. The van der Waals surface area contributed by atoms with Gasteiger partial charge >= 0.3 is 5.97 Å². The summed E-state index contributed by atoms with van der Waals surface area (Å²) < 4.78 is 4.98. The number of carbonyl (C=O) groups excluding carboxylic acids is 1. The number of benzene rings is 1. The summed E-state index contributed by atoms with van der Waals surface area (Å²) in [6, 6.07) is 7.16. The number of nitrogens with zero attached hydrogens (tertiary/aromatic N) is 2. The van der Waals surface area contributed by atoms with E-state index in [9.17, 15) is 4.79 Å². The van der Waals surface area contributed by atoms with Gasteiger partial charge in [0.15, 0.2) is 0 Å². The average Bonchev–Trinajstić information content (AvgIpc) is 2.47. The van der Waals surface area contributed by atoms with E-state index >= 15 is 0 Å². The molecule has 1 atom stereocenters. The first-order chi connectivity index (χ1) is 9.65. The number of para-hydroxylation sites is 1. The van der Waals surface area contributed by atoms with Crippen LogP contribution in [0.3, 0.4) is 0 Å². The van der Waals surface area contributed by atoms with E-state index in [2.05, 4.69) is 20.6 Å². The van der Waals surface area contributed by atoms with Crippen LogP contribution in [0.2, 0.25) is 0 Å². The number of hydrogen-bond donors (Lipinski definition) is 2. The third-order valence-corrected chi connectivity index (χ3v) is 2.82. The largest absolute Gasteiger partial charge is 0.464 e. The Bertz CT molecular complexity index is 615. The first kappa shape index (κ1) is 14.0. The second kappa shape index (κ2) is 6.18. The van der Waals surface area contributed by atoms with Crippen LogP contribution in [-0.4, -0.2) is 35.6 Å². The predicted molar refractivity (Wildman–Crippen MR) is 78.8 cm³/mol. The fraction of sp³-hybridized carbons (Fsp3) is 0.357. The number of aromatic nitrogens is 2. The maximum atomic E-state index is 11.7. The molecule has 0 aliphatic rings. The van der Waals surface area contributed by atoms with Crippen LogP contribution in [0.1, 0.15) is 13.8 Å². The highest BCUT2D eigenvalue weighted by Crippen LogP contribution is 2.22. The quantitative estimate of drug-likeness (QED) is 0.813. The average molecular weight is 274 g/mol. The van der Waals surface area contributed by atoms with Crippen LogP contribution in [-0.2, 0) is 9.53 Å². The Morgan fingerprint density at radius 3 is 2.80 bits per heavy atom. The molecule has 2 rings (SSSR count). The number of hydrogen-bond acceptors (Lipinski definition) is 6. The second-order valence-corrected chi connectivity index (χ2v) is 4.28. The van der Waals surface area contributed by atoms with Crippen molar-refractivity contribution in [2.45, 2.75) is 19.9 Å². The number of ether oxygens (including phenoxy) is 1. The number of nitrogens with one attached hydrogen (secondary N) is 2. The first-order valence-electron chi connectivity index (χ1n) is 6.53. The predicted octanol–water partition coefficient (Wildman–Crippen LogP) is 2.03. The minimum atomic E-state index is -0.474. The van der Waals surface area contributed by atoms with E-state index in [0.29, 0.717) is 18.4 Å². The Morgan fingerprint density at radius 2 is 2.10 bits per heavy atom. The summed E-state index contributed by atoms with van der Waals surface area (Å²) in [6.07, 6.45) is 0. The molecule has 6 heteroatoms. The Kier molecular flexibility index (Phi) is 4.34. The molecule has 6 nitrogen and oxygen atoms in total. The monoisotopic (exact) mass is 274 g/mol. The smallest absolute Gasteiger partial charge is 0.328 e. The van der Waals surface area contributed by atoms with Crippen LogP contribution in [0.5, 0.6) is 0 Å². The van der Waals surface area contributed by atoms with E-state index in [4.69, 9.17) is 4.74 Å². The van der Waals surface area contributed by atoms with Crippen molar-refractivity contribution >= 4 is 28.6 Å². The lowest BCUT2D eigenvalue weighted by Gasteiger charge is -2.15. The summed E-state index contributed by atoms with van der Waals surface area (Å²) in [5.74, 6) is 0.809. The van der Waals surface area contributed by atoms with Gasteiger partial charge in [0.2, 0.25) is 5.95 Å². The lowest BCUT2D eigenvalue weighted by molar-refractivity contribution is -0.143. The summed E-state index contributed by atoms with van der Waals surface area (Å²) in [7, 11) is 1.75. The van der Waals surface area contributed by atoms with Crippen molar-refractivity contribution in [3.05, 3.63) is 24.3 Å². The number of esters is 1. The van der Waals surface area contributed by atoms with Crippen molar-refractivity contribution in [3.8, 4) is 0 Å². The molecular weight excluding hydrogens is 256 g/mol. The van der Waals surface area contributed by atoms with Gasteiger partial charge in [-0.3, -0.25) is 0 Å². The molecule has 0 spiro atoms. The van der Waals surface area contributed by atoms with Crippen molar-refractivity contribution in [2.75, 3.05) is 24.3 Å². The van der Waals surface area contributed by atoms with Crippen LogP contribution in [0, 0.1) is 0 Å². The maximum absolute atomic E-state index is 11.7. The highest BCUT2D eigenvalue weighted by Gasteiger charge is 2.16. The minimum Gasteiger partial charge on any atom is -0.464 e. The van der Waals surface area contributed by atoms with Crippen LogP contribution < -0.4 is 10.6 Å². The molecule has 106 valence electrons. The van der Waals surface area contributed by atoms with Gasteiger partial charge in [-0.15, -0.1) is 0 Å². The zero-order valence-electron chi connectivity index (χ0n) is 11.8. The number of fused-ring (bicyclic) bond motifs is 1. The van der Waals surface area contributed by atoms with Crippen molar-refractivity contribution < 1.29 is 9.53 Å². The van der Waals surface area contributed by atoms with E-state index in [1.54, 1.807) is 20.9 Å². The lowest BCUT2D eigenvalue weighted by atomic mass is 10.2. The van der Waals surface area contributed by atoms with E-state index in [1.165, 1.54) is 0 Å². The molecule has 1 heterocycles. The molecule has 0 radical (unpaired) electrons. The van der Waals surface area contributed by atoms with Gasteiger partial charge in [-0.1, -0.05) is 12.1 Å². The van der Waals surface area contributed by atoms with Crippen molar-refractivity contribution in [1.82, 2.24) is 9.97 Å². The third kappa shape index (κ3) is 2.96. The molecule has 1 unspecified atom stereocenters. The van der Waals surface area contributed by atoms with Gasteiger partial charge in [0, 0.05) is 12.4 Å². The van der Waals surface area contributed by atoms with E-state index in [-0.39, 0.29) is 5.97 Å². The van der Waals surface area contributed by atoms with Gasteiger partial charge in [0.25, 0.3) is 0 Å². The third-order valence-electron chi connectivity index (χ3n) is 2.82. The molecule has 1 aromatic carbocycles. The van der Waals surface area contributed by atoms with Gasteiger partial charge in [-0.2, -0.15) is 4.98 Å². The van der Waals surface area contributed by atoms with Gasteiger partial charge in [0.1, 0.15) is 11.9 Å². The molecule has 0 fully saturated rings. The van der Waals surface area contributed by atoms with Crippen LogP contribution in [0.4, 0.5) is 11.8 Å². The summed E-state index contributed by atoms with van der Waals surface area (Å²) in [5.41, 5.74) is 0.811. The molecule has 0 amide bonds. The molecule has 20 heavy (non-hydrogen) atoms. The number of anilines is 2. The van der Waals surface area contributed by atoms with Crippen LogP contribution in [0.15, 0.2) is 24.3 Å². The molecule has 2 N–H and O–H groups in total. The lowest BCUT2D eigenvalue weighted by Crippen LogP contribution is -2.28. The Hall–Kier alpha value is -2.37. The summed E-state index contributed by atoms with van der Waals surface area (Å²) in [6.45, 7) is 3.88. The van der Waals surface area contributed by atoms with Gasteiger partial charge < -0.3 is 15.4 Å². The summed E-state index contributed by atoms with van der Waals surface area (Å²) in [4.78, 5) is 20.4. The molecule has 2 aromatic rings. The number of rotatable bonds is 5. The number of carbonyl (C=O) groups is 1. The molecule has 0 saturated heterocycles. The Morgan fingerprint density at radius 1 is 1.35 bits per heavy atom. The zero-order chi connectivity index (χ0) is 14.5. The molecule has 1 aromatic heterocycles. The van der Waals surface area contributed by atoms with Gasteiger partial charge in [-0.25, -0.2) is 9.78 Å². The van der Waals surface area contributed by atoms with Crippen LogP contribution in [0.25, 0.3) is 10.9 Å². The minimum absolute atomic E-state index is 0.304. The van der Waals surface area contributed by atoms with E-state index in [0.717, 1.165) is 10.9 Å². The topological polar surface area (TPSA) is 76.1 Å². The van der Waals surface area contributed by atoms with Crippen LogP contribution >= 0.6 is 0 Å². The molecular formula is C14H18N4O2. The molecule has 0 bridgehead atoms. The highest BCUT2D eigenvalue weighted by molar-refractivity contribution is 5.91.